The molecule has 0 saturated carbocycles. The van der Waals surface area contributed by atoms with Crippen LogP contribution in [0.5, 0.6) is 11.5 Å². The molecule has 0 bridgehead atoms. The molecule has 0 saturated heterocycles. The van der Waals surface area contributed by atoms with Crippen molar-refractivity contribution in [3.63, 3.8) is 0 Å². The lowest BCUT2D eigenvalue weighted by molar-refractivity contribution is 0.280. The summed E-state index contributed by atoms with van der Waals surface area (Å²) in [6.07, 6.45) is 3.15. The predicted molar refractivity (Wildman–Crippen MR) is 56.6 cm³/mol. The molecular formula is C12H10FNO2. The second-order valence-electron chi connectivity index (χ2n) is 3.24. The van der Waals surface area contributed by atoms with Crippen LogP contribution in [0, 0.1) is 5.82 Å². The molecular weight excluding hydrogens is 209 g/mol. The third-order valence-corrected chi connectivity index (χ3v) is 1.98. The summed E-state index contributed by atoms with van der Waals surface area (Å²) in [4.78, 5) is 3.88. The molecule has 82 valence electrons. The van der Waals surface area contributed by atoms with E-state index in [1.165, 1.54) is 18.3 Å². The first-order chi connectivity index (χ1) is 7.78. The number of halogens is 1. The van der Waals surface area contributed by atoms with Crippen LogP contribution in [-0.2, 0) is 6.61 Å². The van der Waals surface area contributed by atoms with Crippen LogP contribution in [0.4, 0.5) is 4.39 Å². The van der Waals surface area contributed by atoms with Crippen LogP contribution in [0.15, 0.2) is 42.7 Å². The van der Waals surface area contributed by atoms with E-state index in [-0.39, 0.29) is 6.61 Å². The Bertz CT molecular complexity index is 474. The number of hydrogen-bond acceptors (Lipinski definition) is 3. The third-order valence-electron chi connectivity index (χ3n) is 1.98. The van der Waals surface area contributed by atoms with Gasteiger partial charge in [0, 0.05) is 12.3 Å². The van der Waals surface area contributed by atoms with E-state index >= 15 is 0 Å². The first kappa shape index (κ1) is 10.6. The smallest absolute Gasteiger partial charge is 0.145 e. The number of rotatable bonds is 3. The summed E-state index contributed by atoms with van der Waals surface area (Å²) in [6, 6.07) is 7.54. The Kier molecular flexibility index (Phi) is 3.12. The van der Waals surface area contributed by atoms with Gasteiger partial charge in [-0.15, -0.1) is 0 Å². The summed E-state index contributed by atoms with van der Waals surface area (Å²) < 4.78 is 18.5. The number of hydrogen-bond donors (Lipinski definition) is 1. The van der Waals surface area contributed by atoms with Gasteiger partial charge in [-0.05, 0) is 29.8 Å². The molecule has 1 aromatic carbocycles. The van der Waals surface area contributed by atoms with Gasteiger partial charge in [0.15, 0.2) is 0 Å². The molecule has 1 aromatic heterocycles. The van der Waals surface area contributed by atoms with Gasteiger partial charge in [-0.1, -0.05) is 0 Å². The number of aliphatic hydroxyl groups is 1. The number of nitrogens with zero attached hydrogens (tertiary/aromatic N) is 1. The Balaban J connectivity index is 2.24. The number of pyridine rings is 1. The first-order valence-corrected chi connectivity index (χ1v) is 4.76. The highest BCUT2D eigenvalue weighted by atomic mass is 19.1. The van der Waals surface area contributed by atoms with E-state index in [2.05, 4.69) is 4.98 Å². The lowest BCUT2D eigenvalue weighted by atomic mass is 10.2. The highest BCUT2D eigenvalue weighted by Crippen LogP contribution is 2.22. The molecule has 1 N–H and O–H groups in total. The van der Waals surface area contributed by atoms with E-state index in [9.17, 15) is 4.39 Å². The van der Waals surface area contributed by atoms with E-state index in [0.717, 1.165) is 0 Å². The Labute approximate surface area is 92.1 Å². The van der Waals surface area contributed by atoms with Crippen molar-refractivity contribution in [1.82, 2.24) is 4.98 Å². The molecule has 2 rings (SSSR count). The lowest BCUT2D eigenvalue weighted by Crippen LogP contribution is -1.90. The normalized spacial score (nSPS) is 10.1. The largest absolute Gasteiger partial charge is 0.456 e. The second kappa shape index (κ2) is 4.72. The van der Waals surface area contributed by atoms with Crippen LogP contribution in [0.1, 0.15) is 5.56 Å². The quantitative estimate of drug-likeness (QED) is 0.862. The second-order valence-corrected chi connectivity index (χ2v) is 3.24. The van der Waals surface area contributed by atoms with Gasteiger partial charge in [-0.3, -0.25) is 4.98 Å². The van der Waals surface area contributed by atoms with Gasteiger partial charge in [0.25, 0.3) is 0 Å². The molecule has 3 nitrogen and oxygen atoms in total. The van der Waals surface area contributed by atoms with Crippen molar-refractivity contribution >= 4 is 0 Å². The molecule has 4 heteroatoms. The molecule has 0 fully saturated rings. The van der Waals surface area contributed by atoms with Gasteiger partial charge in [0.1, 0.15) is 17.3 Å². The maximum atomic E-state index is 13.1. The lowest BCUT2D eigenvalue weighted by Gasteiger charge is -2.06. The van der Waals surface area contributed by atoms with Crippen molar-refractivity contribution < 1.29 is 14.2 Å². The van der Waals surface area contributed by atoms with Crippen LogP contribution in [0.2, 0.25) is 0 Å². The zero-order valence-corrected chi connectivity index (χ0v) is 8.43. The maximum absolute atomic E-state index is 13.1. The first-order valence-electron chi connectivity index (χ1n) is 4.76. The van der Waals surface area contributed by atoms with E-state index in [1.807, 2.05) is 0 Å². The molecule has 0 radical (unpaired) electrons. The van der Waals surface area contributed by atoms with Crippen LogP contribution in [-0.4, -0.2) is 10.1 Å². The topological polar surface area (TPSA) is 42.4 Å². The fourth-order valence-corrected chi connectivity index (χ4v) is 1.31. The Morgan fingerprint density at radius 3 is 2.81 bits per heavy atom. The fourth-order valence-electron chi connectivity index (χ4n) is 1.31. The standard InChI is InChI=1S/C12H10FNO2/c13-10-4-9(8-15)5-12(6-10)16-11-2-1-3-14-7-11/h1-7,15H,8H2. The molecule has 1 heterocycles. The molecule has 0 aliphatic rings. The molecule has 0 unspecified atom stereocenters. The zero-order valence-electron chi connectivity index (χ0n) is 8.43. The van der Waals surface area contributed by atoms with Crippen LogP contribution >= 0.6 is 0 Å². The molecule has 0 spiro atoms. The summed E-state index contributed by atoms with van der Waals surface area (Å²) in [5, 5.41) is 8.92. The average Bonchev–Trinajstić information content (AvgIpc) is 2.29. The summed E-state index contributed by atoms with van der Waals surface area (Å²) in [5.41, 5.74) is 0.471. The fraction of sp³-hybridized carbons (Fsp3) is 0.0833. The Hall–Kier alpha value is -1.94. The Morgan fingerprint density at radius 1 is 1.25 bits per heavy atom. The van der Waals surface area contributed by atoms with E-state index < -0.39 is 5.82 Å². The van der Waals surface area contributed by atoms with Gasteiger partial charge in [-0.2, -0.15) is 0 Å². The highest BCUT2D eigenvalue weighted by Gasteiger charge is 2.02. The molecule has 0 aliphatic heterocycles. The van der Waals surface area contributed by atoms with Crippen molar-refractivity contribution in [3.8, 4) is 11.5 Å². The van der Waals surface area contributed by atoms with Gasteiger partial charge in [-0.25, -0.2) is 4.39 Å². The summed E-state index contributed by atoms with van der Waals surface area (Å²) in [6.45, 7) is -0.221. The highest BCUT2D eigenvalue weighted by molar-refractivity contribution is 5.33. The maximum Gasteiger partial charge on any atom is 0.145 e. The minimum atomic E-state index is -0.439. The number of benzene rings is 1. The molecule has 16 heavy (non-hydrogen) atoms. The number of aromatic nitrogens is 1. The van der Waals surface area contributed by atoms with Gasteiger partial charge < -0.3 is 9.84 Å². The van der Waals surface area contributed by atoms with E-state index in [1.54, 1.807) is 24.4 Å². The van der Waals surface area contributed by atoms with E-state index in [4.69, 9.17) is 9.84 Å². The van der Waals surface area contributed by atoms with Crippen molar-refractivity contribution in [1.29, 1.82) is 0 Å². The van der Waals surface area contributed by atoms with Crippen LogP contribution < -0.4 is 4.74 Å². The van der Waals surface area contributed by atoms with E-state index in [0.29, 0.717) is 17.1 Å². The van der Waals surface area contributed by atoms with Crippen molar-refractivity contribution in [2.24, 2.45) is 0 Å². The summed E-state index contributed by atoms with van der Waals surface area (Å²) >= 11 is 0. The van der Waals surface area contributed by atoms with Crippen molar-refractivity contribution in [3.05, 3.63) is 54.1 Å². The molecule has 0 amide bonds. The van der Waals surface area contributed by atoms with Gasteiger partial charge >= 0.3 is 0 Å². The van der Waals surface area contributed by atoms with Gasteiger partial charge in [0.2, 0.25) is 0 Å². The number of aliphatic hydroxyl groups excluding tert-OH is 1. The van der Waals surface area contributed by atoms with Crippen LogP contribution in [0.25, 0.3) is 0 Å². The summed E-state index contributed by atoms with van der Waals surface area (Å²) in [7, 11) is 0. The molecule has 0 aliphatic carbocycles. The minimum Gasteiger partial charge on any atom is -0.456 e. The zero-order chi connectivity index (χ0) is 11.4. The Morgan fingerprint density at radius 2 is 2.12 bits per heavy atom. The SMILES string of the molecule is OCc1cc(F)cc(Oc2cccnc2)c1. The van der Waals surface area contributed by atoms with Gasteiger partial charge in [0.05, 0.1) is 12.8 Å². The number of ether oxygens (including phenoxy) is 1. The van der Waals surface area contributed by atoms with Crippen molar-refractivity contribution in [2.45, 2.75) is 6.61 Å². The summed E-state index contributed by atoms with van der Waals surface area (Å²) in [5.74, 6) is 0.430. The molecule has 0 atom stereocenters. The van der Waals surface area contributed by atoms with Crippen LogP contribution in [0.3, 0.4) is 0 Å². The minimum absolute atomic E-state index is 0.221. The predicted octanol–water partition coefficient (Wildman–Crippen LogP) is 2.51. The monoisotopic (exact) mass is 219 g/mol. The van der Waals surface area contributed by atoms with Crippen molar-refractivity contribution in [2.75, 3.05) is 0 Å². The molecule has 2 aromatic rings. The third kappa shape index (κ3) is 2.55. The average molecular weight is 219 g/mol.